The highest BCUT2D eigenvalue weighted by molar-refractivity contribution is 5.59. The Balaban J connectivity index is 1.70. The van der Waals surface area contributed by atoms with E-state index < -0.39 is 0 Å². The molecule has 2 heterocycles. The molecule has 1 aromatic carbocycles. The van der Waals surface area contributed by atoms with Crippen LogP contribution in [-0.2, 0) is 0 Å². The molecule has 2 fully saturated rings. The second kappa shape index (κ2) is 4.63. The smallest absolute Gasteiger partial charge is 0.125 e. The maximum atomic E-state index is 6.47. The number of aryl methyl sites for hydroxylation is 2. The number of benzene rings is 1. The van der Waals surface area contributed by atoms with Crippen LogP contribution in [0.2, 0.25) is 0 Å². The van der Waals surface area contributed by atoms with Crippen molar-refractivity contribution in [3.63, 3.8) is 0 Å². The van der Waals surface area contributed by atoms with Crippen LogP contribution in [0.1, 0.15) is 35.1 Å². The zero-order valence-electron chi connectivity index (χ0n) is 12.7. The Morgan fingerprint density at radius 3 is 2.57 bits per heavy atom. The summed E-state index contributed by atoms with van der Waals surface area (Å²) in [5.41, 5.74) is 10.2. The van der Waals surface area contributed by atoms with Crippen LogP contribution in [-0.4, -0.2) is 13.1 Å². The lowest BCUT2D eigenvalue weighted by molar-refractivity contribution is 0.466. The van der Waals surface area contributed by atoms with Gasteiger partial charge in [-0.1, -0.05) is 12.1 Å². The Hall–Kier alpha value is -1.74. The third-order valence-corrected chi connectivity index (χ3v) is 4.91. The molecule has 3 nitrogen and oxygen atoms in total. The van der Waals surface area contributed by atoms with Gasteiger partial charge in [-0.05, 0) is 61.4 Å². The van der Waals surface area contributed by atoms with Gasteiger partial charge in [-0.25, -0.2) is 0 Å². The van der Waals surface area contributed by atoms with Crippen molar-refractivity contribution in [3.8, 4) is 0 Å². The average molecular weight is 282 g/mol. The maximum absolute atomic E-state index is 6.47. The SMILES string of the molecule is Cc1ccc(C(N)c2ccc(C)o2)c(N2CC3CC3C2)c1. The first-order chi connectivity index (χ1) is 10.1. The van der Waals surface area contributed by atoms with E-state index in [0.29, 0.717) is 0 Å². The summed E-state index contributed by atoms with van der Waals surface area (Å²) in [5.74, 6) is 3.60. The van der Waals surface area contributed by atoms with Crippen molar-refractivity contribution >= 4 is 5.69 Å². The molecule has 4 rings (SSSR count). The van der Waals surface area contributed by atoms with Gasteiger partial charge >= 0.3 is 0 Å². The summed E-state index contributed by atoms with van der Waals surface area (Å²) in [4.78, 5) is 2.51. The number of fused-ring (bicyclic) bond motifs is 1. The number of anilines is 1. The van der Waals surface area contributed by atoms with E-state index in [-0.39, 0.29) is 6.04 Å². The second-order valence-electron chi connectivity index (χ2n) is 6.65. The van der Waals surface area contributed by atoms with Crippen LogP contribution in [0.25, 0.3) is 0 Å². The van der Waals surface area contributed by atoms with Gasteiger partial charge in [0, 0.05) is 18.8 Å². The van der Waals surface area contributed by atoms with Crippen molar-refractivity contribution in [2.75, 3.05) is 18.0 Å². The molecular formula is C18H22N2O. The monoisotopic (exact) mass is 282 g/mol. The molecule has 3 unspecified atom stereocenters. The number of rotatable bonds is 3. The van der Waals surface area contributed by atoms with Crippen LogP contribution in [0.4, 0.5) is 5.69 Å². The van der Waals surface area contributed by atoms with Gasteiger partial charge in [-0.15, -0.1) is 0 Å². The summed E-state index contributed by atoms with van der Waals surface area (Å²) in [5, 5.41) is 0. The van der Waals surface area contributed by atoms with Gasteiger partial charge in [0.15, 0.2) is 0 Å². The van der Waals surface area contributed by atoms with E-state index in [1.807, 2.05) is 19.1 Å². The predicted molar refractivity (Wildman–Crippen MR) is 84.5 cm³/mol. The van der Waals surface area contributed by atoms with Crippen molar-refractivity contribution in [1.82, 2.24) is 0 Å². The number of nitrogens with two attached hydrogens (primary N) is 1. The largest absolute Gasteiger partial charge is 0.464 e. The molecule has 3 heteroatoms. The van der Waals surface area contributed by atoms with E-state index in [1.165, 1.54) is 36.3 Å². The van der Waals surface area contributed by atoms with Crippen LogP contribution in [0.3, 0.4) is 0 Å². The Labute approximate surface area is 125 Å². The van der Waals surface area contributed by atoms with Gasteiger partial charge in [-0.2, -0.15) is 0 Å². The van der Waals surface area contributed by atoms with E-state index in [1.54, 1.807) is 0 Å². The summed E-state index contributed by atoms with van der Waals surface area (Å²) in [7, 11) is 0. The van der Waals surface area contributed by atoms with Gasteiger partial charge in [-0.3, -0.25) is 0 Å². The lowest BCUT2D eigenvalue weighted by atomic mass is 10.0. The summed E-state index contributed by atoms with van der Waals surface area (Å²) in [6.07, 6.45) is 1.42. The third kappa shape index (κ3) is 2.26. The van der Waals surface area contributed by atoms with Crippen molar-refractivity contribution < 1.29 is 4.42 Å². The standard InChI is InChI=1S/C18H22N2O/c1-11-3-5-15(18(19)17-6-4-12(2)21-17)16(7-11)20-9-13-8-14(13)10-20/h3-7,13-14,18H,8-10,19H2,1-2H3. The first-order valence-electron chi connectivity index (χ1n) is 7.79. The molecule has 0 spiro atoms. The van der Waals surface area contributed by atoms with Gasteiger partial charge in [0.05, 0.1) is 6.04 Å². The Kier molecular flexibility index (Phi) is 2.86. The van der Waals surface area contributed by atoms with E-state index in [9.17, 15) is 0 Å². The summed E-state index contributed by atoms with van der Waals surface area (Å²) < 4.78 is 5.73. The van der Waals surface area contributed by atoms with Crippen molar-refractivity contribution in [2.45, 2.75) is 26.3 Å². The minimum Gasteiger partial charge on any atom is -0.464 e. The van der Waals surface area contributed by atoms with Gasteiger partial charge in [0.25, 0.3) is 0 Å². The van der Waals surface area contributed by atoms with Crippen LogP contribution >= 0.6 is 0 Å². The first-order valence-corrected chi connectivity index (χ1v) is 7.79. The van der Waals surface area contributed by atoms with Gasteiger partial charge in [0.2, 0.25) is 0 Å². The molecule has 0 amide bonds. The van der Waals surface area contributed by atoms with Gasteiger partial charge in [0.1, 0.15) is 11.5 Å². The number of nitrogens with zero attached hydrogens (tertiary/aromatic N) is 1. The number of piperidine rings is 1. The van der Waals surface area contributed by atoms with E-state index in [2.05, 4.69) is 30.0 Å². The van der Waals surface area contributed by atoms with Crippen molar-refractivity contribution in [2.24, 2.45) is 17.6 Å². The molecule has 2 aromatic rings. The molecule has 1 saturated carbocycles. The molecule has 1 saturated heterocycles. The summed E-state index contributed by atoms with van der Waals surface area (Å²) in [6, 6.07) is 10.4. The maximum Gasteiger partial charge on any atom is 0.125 e. The zero-order valence-corrected chi connectivity index (χ0v) is 12.7. The Morgan fingerprint density at radius 2 is 1.90 bits per heavy atom. The Bertz CT molecular complexity index is 666. The lowest BCUT2D eigenvalue weighted by Gasteiger charge is -2.26. The van der Waals surface area contributed by atoms with Crippen molar-refractivity contribution in [3.05, 3.63) is 53.0 Å². The number of hydrogen-bond acceptors (Lipinski definition) is 3. The fourth-order valence-electron chi connectivity index (χ4n) is 3.56. The molecule has 1 aliphatic carbocycles. The fraction of sp³-hybridized carbons (Fsp3) is 0.444. The highest BCUT2D eigenvalue weighted by Crippen LogP contribution is 2.47. The normalized spacial score (nSPS) is 25.0. The minimum absolute atomic E-state index is 0.189. The summed E-state index contributed by atoms with van der Waals surface area (Å²) in [6.45, 7) is 6.48. The predicted octanol–water partition coefficient (Wildman–Crippen LogP) is 3.40. The molecule has 21 heavy (non-hydrogen) atoms. The van der Waals surface area contributed by atoms with Gasteiger partial charge < -0.3 is 15.1 Å². The third-order valence-electron chi connectivity index (χ3n) is 4.91. The van der Waals surface area contributed by atoms with E-state index in [0.717, 1.165) is 23.4 Å². The molecule has 1 aliphatic heterocycles. The van der Waals surface area contributed by atoms with Crippen LogP contribution in [0.5, 0.6) is 0 Å². The molecule has 0 radical (unpaired) electrons. The molecule has 110 valence electrons. The summed E-state index contributed by atoms with van der Waals surface area (Å²) >= 11 is 0. The molecular weight excluding hydrogens is 260 g/mol. The minimum atomic E-state index is -0.189. The number of furan rings is 1. The molecule has 0 bridgehead atoms. The second-order valence-corrected chi connectivity index (χ2v) is 6.65. The first kappa shape index (κ1) is 13.0. The molecule has 2 N–H and O–H groups in total. The van der Waals surface area contributed by atoms with Crippen LogP contribution in [0.15, 0.2) is 34.7 Å². The number of hydrogen-bond donors (Lipinski definition) is 1. The Morgan fingerprint density at radius 1 is 1.14 bits per heavy atom. The van der Waals surface area contributed by atoms with Crippen molar-refractivity contribution in [1.29, 1.82) is 0 Å². The topological polar surface area (TPSA) is 42.4 Å². The molecule has 3 atom stereocenters. The molecule has 2 aliphatic rings. The van der Waals surface area contributed by atoms with E-state index in [4.69, 9.17) is 10.2 Å². The molecule has 1 aromatic heterocycles. The highest BCUT2D eigenvalue weighted by Gasteiger charge is 2.45. The quantitative estimate of drug-likeness (QED) is 0.938. The zero-order chi connectivity index (χ0) is 14.6. The average Bonchev–Trinajstić information content (AvgIpc) is 2.86. The van der Waals surface area contributed by atoms with Crippen LogP contribution in [0, 0.1) is 25.7 Å². The lowest BCUT2D eigenvalue weighted by Crippen LogP contribution is -2.25. The highest BCUT2D eigenvalue weighted by atomic mass is 16.3. The van der Waals surface area contributed by atoms with Crippen LogP contribution < -0.4 is 10.6 Å². The van der Waals surface area contributed by atoms with E-state index >= 15 is 0 Å². The fourth-order valence-corrected chi connectivity index (χ4v) is 3.56.